The standard InChI is InChI=1S/C14H14OS.BF4/c15-13-8-6-12(7-9-13)14(16)10-11-4-2-1-3-5-11;2-1(3,4)5/h1-9,14-16H,10H2;/q;-1/p+1. The molecule has 0 spiro atoms. The lowest BCUT2D eigenvalue weighted by molar-refractivity contribution is 0.368. The second-order valence-corrected chi connectivity index (χ2v) is 5.03. The minimum Gasteiger partial charge on any atom is -0.508 e. The maximum atomic E-state index is 9.75. The largest absolute Gasteiger partial charge is 0.673 e. The smallest absolute Gasteiger partial charge is 0.508 e. The molecule has 0 saturated carbocycles. The molecule has 0 radical (unpaired) electrons. The van der Waals surface area contributed by atoms with Gasteiger partial charge in [0.25, 0.3) is 0 Å². The first kappa shape index (κ1) is 17.4. The van der Waals surface area contributed by atoms with Crippen LogP contribution in [0.3, 0.4) is 0 Å². The molecule has 1 N–H and O–H groups in total. The van der Waals surface area contributed by atoms with Gasteiger partial charge in [-0.3, -0.25) is 0 Å². The van der Waals surface area contributed by atoms with Gasteiger partial charge in [-0.2, -0.15) is 0 Å². The van der Waals surface area contributed by atoms with Crippen molar-refractivity contribution >= 4 is 19.9 Å². The van der Waals surface area contributed by atoms with Gasteiger partial charge < -0.3 is 22.4 Å². The van der Waals surface area contributed by atoms with Gasteiger partial charge in [0, 0.05) is 12.0 Å². The molecule has 0 aromatic heterocycles. The molecule has 0 fully saturated rings. The molecule has 1 atom stereocenters. The van der Waals surface area contributed by atoms with Gasteiger partial charge in [0.1, 0.15) is 11.0 Å². The van der Waals surface area contributed by atoms with Crippen molar-refractivity contribution in [2.75, 3.05) is 0 Å². The molecule has 21 heavy (non-hydrogen) atoms. The van der Waals surface area contributed by atoms with Crippen LogP contribution in [0.4, 0.5) is 17.3 Å². The fourth-order valence-corrected chi connectivity index (χ4v) is 2.10. The molecule has 1 nitrogen and oxygen atoms in total. The van der Waals surface area contributed by atoms with Gasteiger partial charge in [-0.1, -0.05) is 42.5 Å². The van der Waals surface area contributed by atoms with E-state index >= 15 is 0 Å². The SMILES string of the molecule is F[B-](F)(F)F.Oc1ccc(C([SH2+])Cc2ccccc2)cc1. The molecular weight excluding hydrogens is 303 g/mol. The molecule has 114 valence electrons. The number of phenolic OH excluding ortho intramolecular Hbond substituents is 1. The Morgan fingerprint density at radius 1 is 0.905 bits per heavy atom. The third-order valence-corrected chi connectivity index (χ3v) is 3.12. The fourth-order valence-electron chi connectivity index (χ4n) is 1.67. The van der Waals surface area contributed by atoms with Crippen molar-refractivity contribution in [1.82, 2.24) is 0 Å². The average Bonchev–Trinajstić information content (AvgIpc) is 2.38. The Kier molecular flexibility index (Phi) is 6.62. The third-order valence-electron chi connectivity index (χ3n) is 2.58. The van der Waals surface area contributed by atoms with Gasteiger partial charge in [-0.05, 0) is 30.3 Å². The Morgan fingerprint density at radius 3 is 1.86 bits per heavy atom. The molecule has 0 aliphatic rings. The predicted molar refractivity (Wildman–Crippen MR) is 81.3 cm³/mol. The zero-order valence-electron chi connectivity index (χ0n) is 11.0. The van der Waals surface area contributed by atoms with E-state index in [1.54, 1.807) is 12.1 Å². The highest BCUT2D eigenvalue weighted by Crippen LogP contribution is 2.21. The molecule has 0 aliphatic heterocycles. The quantitative estimate of drug-likeness (QED) is 0.515. The lowest BCUT2D eigenvalue weighted by Crippen LogP contribution is -2.02. The van der Waals surface area contributed by atoms with Gasteiger partial charge in [0.05, 0.1) is 0 Å². The first-order valence-electron chi connectivity index (χ1n) is 6.17. The van der Waals surface area contributed by atoms with Crippen molar-refractivity contribution in [2.24, 2.45) is 0 Å². The van der Waals surface area contributed by atoms with Crippen LogP contribution in [0.15, 0.2) is 54.6 Å². The summed E-state index contributed by atoms with van der Waals surface area (Å²) in [7, 11) is -6.00. The van der Waals surface area contributed by atoms with Crippen LogP contribution in [0.1, 0.15) is 16.4 Å². The topological polar surface area (TPSA) is 20.2 Å². The summed E-state index contributed by atoms with van der Waals surface area (Å²) in [4.78, 5) is 0. The number of hydrogen-bond donors (Lipinski definition) is 1. The fraction of sp³-hybridized carbons (Fsp3) is 0.143. The second-order valence-electron chi connectivity index (χ2n) is 4.33. The average molecular weight is 318 g/mol. The molecular formula is C14H15BF4OS. The van der Waals surface area contributed by atoms with E-state index < -0.39 is 7.25 Å². The van der Waals surface area contributed by atoms with E-state index in [-0.39, 0.29) is 5.25 Å². The highest BCUT2D eigenvalue weighted by molar-refractivity contribution is 7.59. The number of hydrogen-bond acceptors (Lipinski definition) is 1. The molecule has 1 unspecified atom stereocenters. The summed E-state index contributed by atoms with van der Waals surface area (Å²) < 4.78 is 39.0. The van der Waals surface area contributed by atoms with Crippen molar-refractivity contribution in [3.8, 4) is 5.75 Å². The van der Waals surface area contributed by atoms with E-state index in [1.165, 1.54) is 11.1 Å². The summed E-state index contributed by atoms with van der Waals surface area (Å²) in [5.74, 6) is 0.308. The van der Waals surface area contributed by atoms with Crippen LogP contribution < -0.4 is 0 Å². The van der Waals surface area contributed by atoms with E-state index in [9.17, 15) is 22.4 Å². The van der Waals surface area contributed by atoms with Gasteiger partial charge in [0.2, 0.25) is 0 Å². The van der Waals surface area contributed by atoms with E-state index in [2.05, 4.69) is 24.8 Å². The van der Waals surface area contributed by atoms with Crippen LogP contribution in [0.2, 0.25) is 0 Å². The van der Waals surface area contributed by atoms with Gasteiger partial charge in [-0.15, -0.1) is 0 Å². The van der Waals surface area contributed by atoms with E-state index in [1.807, 2.05) is 30.3 Å². The Hall–Kier alpha value is -1.63. The molecule has 0 bridgehead atoms. The first-order chi connectivity index (χ1) is 9.75. The summed E-state index contributed by atoms with van der Waals surface area (Å²) in [6, 6.07) is 17.7. The minimum absolute atomic E-state index is 0.281. The number of phenols is 1. The van der Waals surface area contributed by atoms with E-state index in [0.29, 0.717) is 5.75 Å². The number of aromatic hydroxyl groups is 1. The maximum Gasteiger partial charge on any atom is 0.673 e. The van der Waals surface area contributed by atoms with Crippen molar-refractivity contribution in [1.29, 1.82) is 0 Å². The van der Waals surface area contributed by atoms with Gasteiger partial charge in [0.15, 0.2) is 0 Å². The number of rotatable bonds is 3. The van der Waals surface area contributed by atoms with Crippen LogP contribution >= 0.6 is 0 Å². The van der Waals surface area contributed by atoms with Crippen LogP contribution in [0.25, 0.3) is 0 Å². The first-order valence-corrected chi connectivity index (χ1v) is 6.75. The van der Waals surface area contributed by atoms with Crippen molar-refractivity contribution in [2.45, 2.75) is 11.7 Å². The molecule has 2 aromatic rings. The highest BCUT2D eigenvalue weighted by Gasteiger charge is 2.20. The molecule has 0 aliphatic carbocycles. The Labute approximate surface area is 126 Å². The van der Waals surface area contributed by atoms with Gasteiger partial charge in [-0.25, -0.2) is 0 Å². The summed E-state index contributed by atoms with van der Waals surface area (Å²) in [6.07, 6.45) is 0.947. The van der Waals surface area contributed by atoms with Crippen LogP contribution in [-0.2, 0) is 19.0 Å². The summed E-state index contributed by atoms with van der Waals surface area (Å²) in [5, 5.41) is 9.49. The van der Waals surface area contributed by atoms with E-state index in [4.69, 9.17) is 0 Å². The molecule has 2 aromatic carbocycles. The second kappa shape index (κ2) is 7.97. The zero-order chi connectivity index (χ0) is 15.9. The molecule has 2 rings (SSSR count). The van der Waals surface area contributed by atoms with Crippen molar-refractivity contribution in [3.05, 3.63) is 65.7 Å². The van der Waals surface area contributed by atoms with Crippen LogP contribution in [0, 0.1) is 0 Å². The van der Waals surface area contributed by atoms with E-state index in [0.717, 1.165) is 6.42 Å². The van der Waals surface area contributed by atoms with Crippen molar-refractivity contribution in [3.63, 3.8) is 0 Å². The molecule has 0 heterocycles. The monoisotopic (exact) mass is 318 g/mol. The maximum absolute atomic E-state index is 9.75. The number of halogens is 4. The molecule has 0 saturated heterocycles. The Morgan fingerprint density at radius 2 is 1.38 bits per heavy atom. The summed E-state index contributed by atoms with van der Waals surface area (Å²) in [6.45, 7) is 0. The lowest BCUT2D eigenvalue weighted by atomic mass is 10.0. The normalized spacial score (nSPS) is 12.2. The molecule has 0 amide bonds. The van der Waals surface area contributed by atoms with Crippen molar-refractivity contribution < 1.29 is 22.4 Å². The highest BCUT2D eigenvalue weighted by atomic mass is 32.1. The summed E-state index contributed by atoms with van der Waals surface area (Å²) >= 11 is 3.72. The van der Waals surface area contributed by atoms with Gasteiger partial charge >= 0.3 is 7.25 Å². The molecule has 7 heteroatoms. The minimum atomic E-state index is -6.00. The number of benzene rings is 2. The predicted octanol–water partition coefficient (Wildman–Crippen LogP) is 3.99. The van der Waals surface area contributed by atoms with Crippen LogP contribution in [-0.4, -0.2) is 12.4 Å². The Bertz CT molecular complexity index is 525. The van der Waals surface area contributed by atoms with Crippen LogP contribution in [0.5, 0.6) is 5.75 Å². The third kappa shape index (κ3) is 8.29. The summed E-state index contributed by atoms with van der Waals surface area (Å²) in [5.41, 5.74) is 2.48. The lowest BCUT2D eigenvalue weighted by Gasteiger charge is -2.06. The zero-order valence-corrected chi connectivity index (χ0v) is 12.0. The Balaban J connectivity index is 0.000000383.